The average Bonchev–Trinajstić information content (AvgIpc) is 2.90. The first-order valence-corrected chi connectivity index (χ1v) is 7.09. The van der Waals surface area contributed by atoms with Gasteiger partial charge in [-0.05, 0) is 17.9 Å². The summed E-state index contributed by atoms with van der Waals surface area (Å²) in [6.07, 6.45) is 1.41. The standard InChI is InChI=1S/C13H19NO3S/c1-16-13(15)9-11-10-14(6-7-17-11)5-4-12-3-2-8-18-12/h2-3,8,11H,4-7,9-10H2,1H3. The molecule has 1 unspecified atom stereocenters. The van der Waals surface area contributed by atoms with Crippen LogP contribution in [-0.4, -0.2) is 50.3 Å². The molecule has 0 spiro atoms. The van der Waals surface area contributed by atoms with Crippen LogP contribution in [0.5, 0.6) is 0 Å². The molecule has 1 aromatic heterocycles. The molecule has 0 N–H and O–H groups in total. The third-order valence-corrected chi connectivity index (χ3v) is 4.04. The number of rotatable bonds is 5. The summed E-state index contributed by atoms with van der Waals surface area (Å²) in [6, 6.07) is 4.25. The highest BCUT2D eigenvalue weighted by atomic mass is 32.1. The monoisotopic (exact) mass is 269 g/mol. The second-order valence-electron chi connectivity index (χ2n) is 4.40. The number of nitrogens with zero attached hydrogens (tertiary/aromatic N) is 1. The highest BCUT2D eigenvalue weighted by Crippen LogP contribution is 2.13. The Morgan fingerprint density at radius 2 is 2.56 bits per heavy atom. The highest BCUT2D eigenvalue weighted by molar-refractivity contribution is 7.09. The van der Waals surface area contributed by atoms with Gasteiger partial charge in [-0.3, -0.25) is 9.69 Å². The first kappa shape index (κ1) is 13.5. The molecule has 0 amide bonds. The number of carbonyl (C=O) groups is 1. The van der Waals surface area contributed by atoms with Crippen LogP contribution in [0.4, 0.5) is 0 Å². The third-order valence-electron chi connectivity index (χ3n) is 3.10. The first-order valence-electron chi connectivity index (χ1n) is 6.21. The molecule has 100 valence electrons. The molecule has 18 heavy (non-hydrogen) atoms. The Bertz CT molecular complexity index is 366. The van der Waals surface area contributed by atoms with Crippen molar-refractivity contribution < 1.29 is 14.3 Å². The normalized spacial score (nSPS) is 20.8. The SMILES string of the molecule is COC(=O)CC1CN(CCc2cccs2)CCO1. The third kappa shape index (κ3) is 4.08. The maximum atomic E-state index is 11.2. The fourth-order valence-electron chi connectivity index (χ4n) is 2.10. The van der Waals surface area contributed by atoms with Gasteiger partial charge in [-0.15, -0.1) is 11.3 Å². The lowest BCUT2D eigenvalue weighted by Gasteiger charge is -2.32. The van der Waals surface area contributed by atoms with E-state index in [0.29, 0.717) is 13.0 Å². The van der Waals surface area contributed by atoms with Crippen molar-refractivity contribution in [1.29, 1.82) is 0 Å². The minimum atomic E-state index is -0.194. The molecule has 1 aromatic rings. The second kappa shape index (κ2) is 6.87. The zero-order chi connectivity index (χ0) is 12.8. The van der Waals surface area contributed by atoms with E-state index in [1.165, 1.54) is 12.0 Å². The van der Waals surface area contributed by atoms with Crippen LogP contribution >= 0.6 is 11.3 Å². The average molecular weight is 269 g/mol. The molecule has 0 radical (unpaired) electrons. The number of hydrogen-bond donors (Lipinski definition) is 0. The Morgan fingerprint density at radius 1 is 1.67 bits per heavy atom. The van der Waals surface area contributed by atoms with Gasteiger partial charge in [-0.25, -0.2) is 0 Å². The Kier molecular flexibility index (Phi) is 5.16. The maximum Gasteiger partial charge on any atom is 0.308 e. The van der Waals surface area contributed by atoms with Gasteiger partial charge in [-0.1, -0.05) is 6.07 Å². The van der Waals surface area contributed by atoms with E-state index in [9.17, 15) is 4.79 Å². The van der Waals surface area contributed by atoms with Gasteiger partial charge in [0, 0.05) is 24.5 Å². The van der Waals surface area contributed by atoms with Crippen LogP contribution in [0.1, 0.15) is 11.3 Å². The van der Waals surface area contributed by atoms with Gasteiger partial charge in [0.05, 0.1) is 26.2 Å². The molecule has 4 nitrogen and oxygen atoms in total. The molecular formula is C13H19NO3S. The minimum Gasteiger partial charge on any atom is -0.469 e. The zero-order valence-corrected chi connectivity index (χ0v) is 11.4. The van der Waals surface area contributed by atoms with Crippen LogP contribution in [0.2, 0.25) is 0 Å². The van der Waals surface area contributed by atoms with E-state index in [1.807, 2.05) is 0 Å². The van der Waals surface area contributed by atoms with Crippen molar-refractivity contribution in [2.45, 2.75) is 18.9 Å². The summed E-state index contributed by atoms with van der Waals surface area (Å²) in [5, 5.41) is 2.11. The van der Waals surface area contributed by atoms with Crippen molar-refractivity contribution in [3.63, 3.8) is 0 Å². The molecule has 2 heterocycles. The van der Waals surface area contributed by atoms with Gasteiger partial charge >= 0.3 is 5.97 Å². The molecule has 1 aliphatic heterocycles. The van der Waals surface area contributed by atoms with Gasteiger partial charge in [0.15, 0.2) is 0 Å². The van der Waals surface area contributed by atoms with Crippen molar-refractivity contribution in [3.8, 4) is 0 Å². The number of ether oxygens (including phenoxy) is 2. The molecule has 1 aliphatic rings. The van der Waals surface area contributed by atoms with Crippen molar-refractivity contribution in [3.05, 3.63) is 22.4 Å². The van der Waals surface area contributed by atoms with Crippen LogP contribution in [0.15, 0.2) is 17.5 Å². The summed E-state index contributed by atoms with van der Waals surface area (Å²) < 4.78 is 10.2. The molecule has 0 aliphatic carbocycles. The predicted molar refractivity (Wildman–Crippen MR) is 70.8 cm³/mol. The molecule has 0 bridgehead atoms. The lowest BCUT2D eigenvalue weighted by atomic mass is 10.2. The summed E-state index contributed by atoms with van der Waals surface area (Å²) in [7, 11) is 1.42. The van der Waals surface area contributed by atoms with Gasteiger partial charge in [0.1, 0.15) is 0 Å². The van der Waals surface area contributed by atoms with Crippen LogP contribution in [0.25, 0.3) is 0 Å². The fourth-order valence-corrected chi connectivity index (χ4v) is 2.80. The van der Waals surface area contributed by atoms with Crippen molar-refractivity contribution in [2.75, 3.05) is 33.4 Å². The van der Waals surface area contributed by atoms with Gasteiger partial charge in [0.2, 0.25) is 0 Å². The number of morpholine rings is 1. The van der Waals surface area contributed by atoms with Gasteiger partial charge in [0.25, 0.3) is 0 Å². The van der Waals surface area contributed by atoms with Crippen LogP contribution < -0.4 is 0 Å². The highest BCUT2D eigenvalue weighted by Gasteiger charge is 2.22. The Hall–Kier alpha value is -0.910. The van der Waals surface area contributed by atoms with Gasteiger partial charge in [-0.2, -0.15) is 0 Å². The smallest absolute Gasteiger partial charge is 0.308 e. The number of methoxy groups -OCH3 is 1. The first-order chi connectivity index (χ1) is 8.78. The molecule has 0 aromatic carbocycles. The summed E-state index contributed by atoms with van der Waals surface area (Å²) in [6.45, 7) is 3.50. The van der Waals surface area contributed by atoms with Crippen LogP contribution in [0, 0.1) is 0 Å². The van der Waals surface area contributed by atoms with E-state index < -0.39 is 0 Å². The summed E-state index contributed by atoms with van der Waals surface area (Å²) >= 11 is 1.79. The molecule has 1 atom stereocenters. The predicted octanol–water partition coefficient (Wildman–Crippen LogP) is 1.55. The summed E-state index contributed by atoms with van der Waals surface area (Å²) in [5.41, 5.74) is 0. The lowest BCUT2D eigenvalue weighted by Crippen LogP contribution is -2.44. The lowest BCUT2D eigenvalue weighted by molar-refractivity contribution is -0.145. The largest absolute Gasteiger partial charge is 0.469 e. The van der Waals surface area contributed by atoms with E-state index in [0.717, 1.165) is 26.1 Å². The quantitative estimate of drug-likeness (QED) is 0.760. The number of esters is 1. The van der Waals surface area contributed by atoms with E-state index in [-0.39, 0.29) is 12.1 Å². The number of thiophene rings is 1. The molecule has 1 saturated heterocycles. The minimum absolute atomic E-state index is 0.0189. The van der Waals surface area contributed by atoms with Crippen molar-refractivity contribution in [2.24, 2.45) is 0 Å². The van der Waals surface area contributed by atoms with E-state index >= 15 is 0 Å². The Balaban J connectivity index is 1.74. The summed E-state index contributed by atoms with van der Waals surface area (Å²) in [4.78, 5) is 15.0. The van der Waals surface area contributed by atoms with Gasteiger partial charge < -0.3 is 9.47 Å². The topological polar surface area (TPSA) is 38.8 Å². The Morgan fingerprint density at radius 3 is 3.28 bits per heavy atom. The fraction of sp³-hybridized carbons (Fsp3) is 0.615. The molecule has 0 saturated carbocycles. The molecule has 2 rings (SSSR count). The van der Waals surface area contributed by atoms with E-state index in [2.05, 4.69) is 27.1 Å². The molecule has 1 fully saturated rings. The van der Waals surface area contributed by atoms with E-state index in [4.69, 9.17) is 4.74 Å². The zero-order valence-electron chi connectivity index (χ0n) is 10.6. The van der Waals surface area contributed by atoms with Crippen LogP contribution in [0.3, 0.4) is 0 Å². The van der Waals surface area contributed by atoms with Crippen molar-refractivity contribution >= 4 is 17.3 Å². The van der Waals surface area contributed by atoms with Crippen molar-refractivity contribution in [1.82, 2.24) is 4.90 Å². The van der Waals surface area contributed by atoms with Crippen LogP contribution in [-0.2, 0) is 20.7 Å². The van der Waals surface area contributed by atoms with E-state index in [1.54, 1.807) is 11.3 Å². The number of carbonyl (C=O) groups excluding carboxylic acids is 1. The second-order valence-corrected chi connectivity index (χ2v) is 5.44. The Labute approximate surface area is 111 Å². The molecular weight excluding hydrogens is 250 g/mol. The number of hydrogen-bond acceptors (Lipinski definition) is 5. The molecule has 5 heteroatoms. The summed E-state index contributed by atoms with van der Waals surface area (Å²) in [5.74, 6) is -0.194. The maximum absolute atomic E-state index is 11.2.